The molecule has 72 valence electrons. The van der Waals surface area contributed by atoms with Crippen molar-refractivity contribution >= 4 is 17.5 Å². The van der Waals surface area contributed by atoms with E-state index in [9.17, 15) is 4.39 Å². The monoisotopic (exact) mass is 211 g/mol. The number of hydrogen-bond acceptors (Lipinski definition) is 2. The van der Waals surface area contributed by atoms with E-state index in [2.05, 4.69) is 4.98 Å². The third-order valence-corrected chi connectivity index (χ3v) is 2.07. The Morgan fingerprint density at radius 3 is 2.86 bits per heavy atom. The fraction of sp³-hybridized carbons (Fsp3) is 0. The number of nitrogen functional groups attached to an aromatic ring is 1. The van der Waals surface area contributed by atoms with Gasteiger partial charge in [-0.05, 0) is 18.2 Å². The lowest BCUT2D eigenvalue weighted by Gasteiger charge is -2.05. The van der Waals surface area contributed by atoms with Crippen LogP contribution in [-0.4, -0.2) is 9.55 Å². The summed E-state index contributed by atoms with van der Waals surface area (Å²) in [4.78, 5) is 3.79. The van der Waals surface area contributed by atoms with Crippen molar-refractivity contribution in [3.63, 3.8) is 0 Å². The van der Waals surface area contributed by atoms with Crippen LogP contribution in [0.5, 0.6) is 0 Å². The Kier molecular flexibility index (Phi) is 2.13. The van der Waals surface area contributed by atoms with E-state index in [-0.39, 0.29) is 11.8 Å². The van der Waals surface area contributed by atoms with Gasteiger partial charge >= 0.3 is 0 Å². The molecular weight excluding hydrogens is 205 g/mol. The van der Waals surface area contributed by atoms with Crippen LogP contribution in [0.25, 0.3) is 5.69 Å². The molecule has 0 fully saturated rings. The number of nitrogens with zero attached hydrogens (tertiary/aromatic N) is 2. The second-order valence-corrected chi connectivity index (χ2v) is 3.19. The van der Waals surface area contributed by atoms with Crippen LogP contribution in [0.1, 0.15) is 0 Å². The second-order valence-electron chi connectivity index (χ2n) is 2.75. The standard InChI is InChI=1S/C9H7ClFN3/c10-6-1-2-7(11)8(5-6)14-4-3-13-9(14)12/h1-5H,(H2,12,13). The third kappa shape index (κ3) is 1.44. The van der Waals surface area contributed by atoms with Crippen molar-refractivity contribution in [1.29, 1.82) is 0 Å². The number of halogens is 2. The maximum Gasteiger partial charge on any atom is 0.204 e. The molecule has 0 aliphatic rings. The topological polar surface area (TPSA) is 43.8 Å². The quantitative estimate of drug-likeness (QED) is 0.786. The maximum atomic E-state index is 13.4. The molecule has 5 heteroatoms. The maximum absolute atomic E-state index is 13.4. The first-order valence-corrected chi connectivity index (χ1v) is 4.30. The molecule has 0 saturated heterocycles. The van der Waals surface area contributed by atoms with E-state index in [4.69, 9.17) is 17.3 Å². The van der Waals surface area contributed by atoms with Gasteiger partial charge in [0.15, 0.2) is 0 Å². The van der Waals surface area contributed by atoms with E-state index in [0.717, 1.165) is 0 Å². The molecule has 0 bridgehead atoms. The first-order chi connectivity index (χ1) is 6.68. The van der Waals surface area contributed by atoms with Gasteiger partial charge in [-0.2, -0.15) is 0 Å². The van der Waals surface area contributed by atoms with E-state index in [1.165, 1.54) is 29.0 Å². The smallest absolute Gasteiger partial charge is 0.204 e. The van der Waals surface area contributed by atoms with Gasteiger partial charge in [-0.25, -0.2) is 9.37 Å². The number of hydrogen-bond donors (Lipinski definition) is 1. The minimum atomic E-state index is -0.390. The van der Waals surface area contributed by atoms with Crippen molar-refractivity contribution in [2.24, 2.45) is 0 Å². The van der Waals surface area contributed by atoms with Crippen molar-refractivity contribution in [3.8, 4) is 5.69 Å². The first kappa shape index (κ1) is 9.02. The van der Waals surface area contributed by atoms with Crippen LogP contribution >= 0.6 is 11.6 Å². The van der Waals surface area contributed by atoms with E-state index in [0.29, 0.717) is 10.7 Å². The van der Waals surface area contributed by atoms with E-state index < -0.39 is 0 Å². The normalized spacial score (nSPS) is 10.4. The number of benzene rings is 1. The largest absolute Gasteiger partial charge is 0.369 e. The molecule has 2 rings (SSSR count). The summed E-state index contributed by atoms with van der Waals surface area (Å²) in [7, 11) is 0. The van der Waals surface area contributed by atoms with Gasteiger partial charge in [-0.1, -0.05) is 11.6 Å². The van der Waals surface area contributed by atoms with Gasteiger partial charge in [0, 0.05) is 17.4 Å². The lowest BCUT2D eigenvalue weighted by molar-refractivity contribution is 0.619. The van der Waals surface area contributed by atoms with Gasteiger partial charge in [0.1, 0.15) is 5.82 Å². The molecular formula is C9H7ClFN3. The summed E-state index contributed by atoms with van der Waals surface area (Å²) >= 11 is 5.74. The summed E-state index contributed by atoms with van der Waals surface area (Å²) in [6.07, 6.45) is 3.07. The van der Waals surface area contributed by atoms with Crippen LogP contribution in [0, 0.1) is 5.82 Å². The molecule has 1 aromatic carbocycles. The minimum absolute atomic E-state index is 0.228. The number of imidazole rings is 1. The van der Waals surface area contributed by atoms with Gasteiger partial charge in [0.05, 0.1) is 5.69 Å². The Balaban J connectivity index is 2.62. The van der Waals surface area contributed by atoms with Crippen LogP contribution in [0.2, 0.25) is 5.02 Å². The van der Waals surface area contributed by atoms with Gasteiger partial charge in [0.2, 0.25) is 5.95 Å². The lowest BCUT2D eigenvalue weighted by Crippen LogP contribution is -2.01. The van der Waals surface area contributed by atoms with Crippen molar-refractivity contribution < 1.29 is 4.39 Å². The summed E-state index contributed by atoms with van der Waals surface area (Å²) in [6.45, 7) is 0. The molecule has 0 saturated carbocycles. The SMILES string of the molecule is Nc1nccn1-c1cc(Cl)ccc1F. The molecule has 0 amide bonds. The van der Waals surface area contributed by atoms with Gasteiger partial charge < -0.3 is 5.73 Å². The number of rotatable bonds is 1. The lowest BCUT2D eigenvalue weighted by atomic mass is 10.3. The van der Waals surface area contributed by atoms with Crippen molar-refractivity contribution in [2.45, 2.75) is 0 Å². The second kappa shape index (κ2) is 3.31. The van der Waals surface area contributed by atoms with Gasteiger partial charge in [0.25, 0.3) is 0 Å². The molecule has 0 spiro atoms. The molecule has 0 aliphatic heterocycles. The zero-order chi connectivity index (χ0) is 10.1. The molecule has 2 aromatic rings. The molecule has 2 N–H and O–H groups in total. The third-order valence-electron chi connectivity index (χ3n) is 1.84. The van der Waals surface area contributed by atoms with Crippen LogP contribution in [-0.2, 0) is 0 Å². The Hall–Kier alpha value is -1.55. The zero-order valence-corrected chi connectivity index (χ0v) is 7.87. The molecule has 0 unspecified atom stereocenters. The summed E-state index contributed by atoms with van der Waals surface area (Å²) in [6, 6.07) is 4.26. The Morgan fingerprint density at radius 1 is 1.43 bits per heavy atom. The number of nitrogens with two attached hydrogens (primary N) is 1. The highest BCUT2D eigenvalue weighted by molar-refractivity contribution is 6.30. The summed E-state index contributed by atoms with van der Waals surface area (Å²) in [5, 5.41) is 0.453. The number of aromatic nitrogens is 2. The Labute approximate surface area is 84.9 Å². The molecule has 3 nitrogen and oxygen atoms in total. The highest BCUT2D eigenvalue weighted by atomic mass is 35.5. The van der Waals surface area contributed by atoms with Crippen LogP contribution in [0.4, 0.5) is 10.3 Å². The van der Waals surface area contributed by atoms with E-state index >= 15 is 0 Å². The molecule has 0 atom stereocenters. The summed E-state index contributed by atoms with van der Waals surface area (Å²) in [5.74, 6) is -0.162. The van der Waals surface area contributed by atoms with Crippen LogP contribution < -0.4 is 5.73 Å². The van der Waals surface area contributed by atoms with Gasteiger partial charge in [-0.15, -0.1) is 0 Å². The molecule has 1 heterocycles. The fourth-order valence-corrected chi connectivity index (χ4v) is 1.36. The average molecular weight is 212 g/mol. The predicted octanol–water partition coefficient (Wildman–Crippen LogP) is 2.25. The first-order valence-electron chi connectivity index (χ1n) is 3.93. The summed E-state index contributed by atoms with van der Waals surface area (Å²) < 4.78 is 14.8. The highest BCUT2D eigenvalue weighted by Gasteiger charge is 2.07. The van der Waals surface area contributed by atoms with E-state index in [1.54, 1.807) is 6.20 Å². The molecule has 0 aliphatic carbocycles. The zero-order valence-electron chi connectivity index (χ0n) is 7.11. The molecule has 1 aromatic heterocycles. The molecule has 14 heavy (non-hydrogen) atoms. The Morgan fingerprint density at radius 2 is 2.21 bits per heavy atom. The minimum Gasteiger partial charge on any atom is -0.369 e. The van der Waals surface area contributed by atoms with Crippen LogP contribution in [0.15, 0.2) is 30.6 Å². The highest BCUT2D eigenvalue weighted by Crippen LogP contribution is 2.20. The average Bonchev–Trinajstić information content (AvgIpc) is 2.56. The predicted molar refractivity (Wildman–Crippen MR) is 52.9 cm³/mol. The number of anilines is 1. The summed E-state index contributed by atoms with van der Waals surface area (Å²) in [5.41, 5.74) is 5.83. The van der Waals surface area contributed by atoms with E-state index in [1.807, 2.05) is 0 Å². The van der Waals surface area contributed by atoms with Crippen LogP contribution in [0.3, 0.4) is 0 Å². The van der Waals surface area contributed by atoms with Crippen molar-refractivity contribution in [2.75, 3.05) is 5.73 Å². The van der Waals surface area contributed by atoms with Crippen molar-refractivity contribution in [3.05, 3.63) is 41.4 Å². The molecule has 0 radical (unpaired) electrons. The van der Waals surface area contributed by atoms with Gasteiger partial charge in [-0.3, -0.25) is 4.57 Å². The van der Waals surface area contributed by atoms with Crippen molar-refractivity contribution in [1.82, 2.24) is 9.55 Å². The Bertz CT molecular complexity index is 467. The fourth-order valence-electron chi connectivity index (χ4n) is 1.19.